The molecule has 3 aromatic heterocycles. The van der Waals surface area contributed by atoms with E-state index in [1.54, 1.807) is 28.8 Å². The van der Waals surface area contributed by atoms with Gasteiger partial charge in [-0.25, -0.2) is 23.7 Å². The third kappa shape index (κ3) is 3.16. The van der Waals surface area contributed by atoms with Crippen molar-refractivity contribution in [1.82, 2.24) is 19.6 Å². The Morgan fingerprint density at radius 2 is 1.81 bits per heavy atom. The molecule has 0 bridgehead atoms. The summed E-state index contributed by atoms with van der Waals surface area (Å²) < 4.78 is 27.9. The molecule has 1 aliphatic rings. The molecular weight excluding hydrogens is 527 g/mol. The molecule has 174 valence electrons. The van der Waals surface area contributed by atoms with Gasteiger partial charge in [0, 0.05) is 10.0 Å². The standard InChI is InChI=1S/C27H14BrFN4O3/c28-16-5-3-4-15(12-16)20-21-23(18-6-1-2-7-19(18)35-27(21)34)36-26-22(20)25-31-24(32-33(25)13-30-26)14-8-10-17(29)11-9-14/h1-13,20H. The predicted octanol–water partition coefficient (Wildman–Crippen LogP) is 6.09. The van der Waals surface area contributed by atoms with E-state index < -0.39 is 11.5 Å². The number of hydrogen-bond donors (Lipinski definition) is 0. The summed E-state index contributed by atoms with van der Waals surface area (Å²) in [6, 6.07) is 20.9. The van der Waals surface area contributed by atoms with Gasteiger partial charge in [-0.05, 0) is 54.1 Å². The van der Waals surface area contributed by atoms with Crippen molar-refractivity contribution in [3.63, 3.8) is 0 Å². The van der Waals surface area contributed by atoms with Crippen LogP contribution in [-0.2, 0) is 0 Å². The van der Waals surface area contributed by atoms with E-state index in [9.17, 15) is 9.18 Å². The van der Waals surface area contributed by atoms with Gasteiger partial charge in [0.25, 0.3) is 0 Å². The summed E-state index contributed by atoms with van der Waals surface area (Å²) in [6.07, 6.45) is 1.52. The SMILES string of the molecule is O=c1oc2ccccc2c2c1C(c1cccc(Br)c1)c1c(ncn3nc(-c4ccc(F)cc4)nc13)O2. The molecule has 6 aromatic rings. The van der Waals surface area contributed by atoms with E-state index in [2.05, 4.69) is 26.0 Å². The molecule has 9 heteroatoms. The van der Waals surface area contributed by atoms with Gasteiger partial charge in [0.15, 0.2) is 17.2 Å². The van der Waals surface area contributed by atoms with Crippen LogP contribution < -0.4 is 10.4 Å². The summed E-state index contributed by atoms with van der Waals surface area (Å²) >= 11 is 3.55. The fourth-order valence-corrected chi connectivity index (χ4v) is 5.09. The summed E-state index contributed by atoms with van der Waals surface area (Å²) in [6.45, 7) is 0. The van der Waals surface area contributed by atoms with Gasteiger partial charge in [-0.1, -0.05) is 40.2 Å². The summed E-state index contributed by atoms with van der Waals surface area (Å²) in [5.41, 5.74) is 2.84. The van der Waals surface area contributed by atoms with Crippen molar-refractivity contribution >= 4 is 32.5 Å². The third-order valence-corrected chi connectivity index (χ3v) is 6.74. The molecule has 0 saturated heterocycles. The maximum Gasteiger partial charge on any atom is 0.344 e. The average Bonchev–Trinajstić information content (AvgIpc) is 3.33. The molecule has 0 N–H and O–H groups in total. The van der Waals surface area contributed by atoms with E-state index in [-0.39, 0.29) is 5.82 Å². The first kappa shape index (κ1) is 21.0. The monoisotopic (exact) mass is 540 g/mol. The Kier molecular flexibility index (Phi) is 4.55. The molecule has 0 spiro atoms. The lowest BCUT2D eigenvalue weighted by Gasteiger charge is -2.27. The molecule has 0 radical (unpaired) electrons. The molecule has 1 atom stereocenters. The minimum absolute atomic E-state index is 0.328. The van der Waals surface area contributed by atoms with Crippen LogP contribution in [0.25, 0.3) is 28.0 Å². The number of benzene rings is 3. The smallest absolute Gasteiger partial charge is 0.344 e. The Morgan fingerprint density at radius 1 is 0.972 bits per heavy atom. The molecule has 36 heavy (non-hydrogen) atoms. The first-order chi connectivity index (χ1) is 17.6. The Hall–Kier alpha value is -4.37. The van der Waals surface area contributed by atoms with Crippen molar-refractivity contribution in [2.24, 2.45) is 0 Å². The van der Waals surface area contributed by atoms with Crippen LogP contribution in [0.4, 0.5) is 4.39 Å². The number of aromatic nitrogens is 4. The van der Waals surface area contributed by atoms with Gasteiger partial charge < -0.3 is 9.15 Å². The zero-order valence-electron chi connectivity index (χ0n) is 18.4. The van der Waals surface area contributed by atoms with Crippen LogP contribution >= 0.6 is 15.9 Å². The number of hydrogen-bond acceptors (Lipinski definition) is 6. The lowest BCUT2D eigenvalue weighted by atomic mass is 9.84. The van der Waals surface area contributed by atoms with Crippen LogP contribution in [0, 0.1) is 5.82 Å². The Morgan fingerprint density at radius 3 is 2.64 bits per heavy atom. The van der Waals surface area contributed by atoms with Crippen molar-refractivity contribution in [3.8, 4) is 23.0 Å². The van der Waals surface area contributed by atoms with Gasteiger partial charge in [0.05, 0.1) is 22.4 Å². The number of ether oxygens (including phenoxy) is 1. The fourth-order valence-electron chi connectivity index (χ4n) is 4.67. The normalized spacial score (nSPS) is 14.4. The fraction of sp³-hybridized carbons (Fsp3) is 0.0370. The number of rotatable bonds is 2. The van der Waals surface area contributed by atoms with Crippen molar-refractivity contribution in [1.29, 1.82) is 0 Å². The Labute approximate surface area is 211 Å². The first-order valence-electron chi connectivity index (χ1n) is 11.1. The third-order valence-electron chi connectivity index (χ3n) is 6.25. The van der Waals surface area contributed by atoms with Crippen LogP contribution in [0.15, 0.2) is 92.8 Å². The van der Waals surface area contributed by atoms with Gasteiger partial charge in [-0.2, -0.15) is 0 Å². The molecular formula is C27H14BrFN4O3. The maximum absolute atomic E-state index is 13.5. The van der Waals surface area contributed by atoms with E-state index in [0.717, 1.165) is 10.0 Å². The largest absolute Gasteiger partial charge is 0.437 e. The van der Waals surface area contributed by atoms with Crippen LogP contribution in [-0.4, -0.2) is 19.6 Å². The van der Waals surface area contributed by atoms with Gasteiger partial charge in [-0.15, -0.1) is 5.10 Å². The lowest BCUT2D eigenvalue weighted by Crippen LogP contribution is -2.22. The Balaban J connectivity index is 1.55. The average molecular weight is 541 g/mol. The molecule has 7 rings (SSSR count). The zero-order valence-corrected chi connectivity index (χ0v) is 19.9. The second-order valence-corrected chi connectivity index (χ2v) is 9.31. The second-order valence-electron chi connectivity index (χ2n) is 8.39. The summed E-state index contributed by atoms with van der Waals surface area (Å²) in [5.74, 6) is 0.210. The summed E-state index contributed by atoms with van der Waals surface area (Å²) in [5, 5.41) is 5.22. The minimum atomic E-state index is -0.580. The van der Waals surface area contributed by atoms with Gasteiger partial charge in [0.2, 0.25) is 5.88 Å². The quantitative estimate of drug-likeness (QED) is 0.247. The number of halogens is 2. The highest BCUT2D eigenvalue weighted by atomic mass is 79.9. The van der Waals surface area contributed by atoms with Crippen molar-refractivity contribution in [2.45, 2.75) is 5.92 Å². The molecule has 3 aromatic carbocycles. The zero-order chi connectivity index (χ0) is 24.4. The topological polar surface area (TPSA) is 82.5 Å². The highest BCUT2D eigenvalue weighted by Gasteiger charge is 2.37. The van der Waals surface area contributed by atoms with Gasteiger partial charge in [-0.3, -0.25) is 0 Å². The molecule has 0 amide bonds. The van der Waals surface area contributed by atoms with Crippen molar-refractivity contribution < 1.29 is 13.5 Å². The Bertz CT molecular complexity index is 1880. The van der Waals surface area contributed by atoms with Crippen LogP contribution in [0.1, 0.15) is 22.6 Å². The van der Waals surface area contributed by atoms with E-state index in [4.69, 9.17) is 14.1 Å². The number of nitrogens with zero attached hydrogens (tertiary/aromatic N) is 4. The van der Waals surface area contributed by atoms with Crippen molar-refractivity contribution in [2.75, 3.05) is 0 Å². The first-order valence-corrected chi connectivity index (χ1v) is 11.9. The van der Waals surface area contributed by atoms with Crippen LogP contribution in [0.3, 0.4) is 0 Å². The molecule has 7 nitrogen and oxygen atoms in total. The van der Waals surface area contributed by atoms with Crippen molar-refractivity contribution in [3.05, 3.63) is 117 Å². The van der Waals surface area contributed by atoms with E-state index in [1.807, 2.05) is 36.4 Å². The second kappa shape index (κ2) is 7.82. The van der Waals surface area contributed by atoms with Crippen LogP contribution in [0.2, 0.25) is 0 Å². The number of fused-ring (bicyclic) bond motifs is 6. The molecule has 0 fully saturated rings. The predicted molar refractivity (Wildman–Crippen MR) is 134 cm³/mol. The number of para-hydroxylation sites is 1. The molecule has 1 aliphatic heterocycles. The summed E-state index contributed by atoms with van der Waals surface area (Å²) in [4.78, 5) is 22.7. The summed E-state index contributed by atoms with van der Waals surface area (Å²) in [7, 11) is 0. The van der Waals surface area contributed by atoms with Gasteiger partial charge >= 0.3 is 5.63 Å². The van der Waals surface area contributed by atoms with Crippen LogP contribution in [0.5, 0.6) is 11.6 Å². The lowest BCUT2D eigenvalue weighted by molar-refractivity contribution is 0.422. The highest BCUT2D eigenvalue weighted by Crippen LogP contribution is 2.49. The van der Waals surface area contributed by atoms with E-state index in [1.165, 1.54) is 18.5 Å². The molecule has 0 aliphatic carbocycles. The minimum Gasteiger partial charge on any atom is -0.437 e. The molecule has 4 heterocycles. The van der Waals surface area contributed by atoms with Gasteiger partial charge in [0.1, 0.15) is 17.7 Å². The maximum atomic E-state index is 13.5. The molecule has 0 saturated carbocycles. The van der Waals surface area contributed by atoms with E-state index in [0.29, 0.717) is 50.8 Å². The molecule has 1 unspecified atom stereocenters. The highest BCUT2D eigenvalue weighted by molar-refractivity contribution is 9.10. The van der Waals surface area contributed by atoms with E-state index >= 15 is 0 Å².